The van der Waals surface area contributed by atoms with E-state index >= 15 is 0 Å². The van der Waals surface area contributed by atoms with Gasteiger partial charge < -0.3 is 15.0 Å². The number of carbonyl (C=O) groups is 1. The van der Waals surface area contributed by atoms with Gasteiger partial charge >= 0.3 is 0 Å². The average molecular weight is 422 g/mol. The van der Waals surface area contributed by atoms with Crippen molar-refractivity contribution in [3.05, 3.63) is 59.9 Å². The zero-order chi connectivity index (χ0) is 22.0. The molecule has 4 atom stereocenters. The molecule has 2 heterocycles. The van der Waals surface area contributed by atoms with Crippen LogP contribution in [0.5, 0.6) is 5.75 Å². The fourth-order valence-electron chi connectivity index (χ4n) is 4.28. The van der Waals surface area contributed by atoms with Crippen LogP contribution >= 0.6 is 0 Å². The molecule has 4 N–H and O–H groups in total. The van der Waals surface area contributed by atoms with Gasteiger partial charge in [-0.2, -0.15) is 0 Å². The van der Waals surface area contributed by atoms with Crippen molar-refractivity contribution in [2.24, 2.45) is 11.8 Å². The Kier molecular flexibility index (Phi) is 6.25. The van der Waals surface area contributed by atoms with E-state index < -0.39 is 0 Å². The SMILES string of the molecule is COc1ccc(C2NNC(C)C2CC(=O)NC(c2nc3ccccc3[nH]2)C(C)C)cc1. The number of methoxy groups -OCH3 is 1. The molecule has 1 aliphatic heterocycles. The van der Waals surface area contributed by atoms with Crippen LogP contribution in [0.1, 0.15) is 50.7 Å². The van der Waals surface area contributed by atoms with Gasteiger partial charge in [-0.15, -0.1) is 0 Å². The molecule has 7 nitrogen and oxygen atoms in total. The van der Waals surface area contributed by atoms with Gasteiger partial charge in [0.2, 0.25) is 5.91 Å². The Labute approximate surface area is 183 Å². The predicted octanol–water partition coefficient (Wildman–Crippen LogP) is 3.63. The van der Waals surface area contributed by atoms with Crippen LogP contribution in [0.3, 0.4) is 0 Å². The third kappa shape index (κ3) is 4.57. The van der Waals surface area contributed by atoms with Gasteiger partial charge in [-0.3, -0.25) is 10.2 Å². The molecule has 4 rings (SSSR count). The summed E-state index contributed by atoms with van der Waals surface area (Å²) < 4.78 is 5.27. The summed E-state index contributed by atoms with van der Waals surface area (Å²) in [6.07, 6.45) is 0.418. The summed E-state index contributed by atoms with van der Waals surface area (Å²) in [4.78, 5) is 21.2. The smallest absolute Gasteiger partial charge is 0.221 e. The maximum atomic E-state index is 13.1. The van der Waals surface area contributed by atoms with E-state index in [1.54, 1.807) is 7.11 Å². The Hall–Kier alpha value is -2.90. The highest BCUT2D eigenvalue weighted by Crippen LogP contribution is 2.32. The van der Waals surface area contributed by atoms with E-state index in [9.17, 15) is 4.79 Å². The lowest BCUT2D eigenvalue weighted by atomic mass is 9.87. The number of hydrogen-bond acceptors (Lipinski definition) is 5. The van der Waals surface area contributed by atoms with Crippen LogP contribution in [-0.4, -0.2) is 29.0 Å². The van der Waals surface area contributed by atoms with E-state index in [1.165, 1.54) is 0 Å². The minimum Gasteiger partial charge on any atom is -0.497 e. The van der Waals surface area contributed by atoms with Crippen LogP contribution in [0, 0.1) is 11.8 Å². The number of aromatic amines is 1. The molecule has 4 unspecified atom stereocenters. The minimum atomic E-state index is -0.169. The molecule has 3 aromatic rings. The number of hydrazine groups is 1. The minimum absolute atomic E-state index is 0.0278. The van der Waals surface area contributed by atoms with Crippen LogP contribution < -0.4 is 20.9 Å². The van der Waals surface area contributed by atoms with E-state index in [-0.39, 0.29) is 35.9 Å². The standard InChI is InChI=1S/C24H31N5O2/c1-14(2)22(24-25-19-7-5-6-8-20(19)26-24)27-21(30)13-18-15(3)28-29-23(18)16-9-11-17(31-4)12-10-16/h5-12,14-15,18,22-23,28-29H,13H2,1-4H3,(H,25,26)(H,27,30). The van der Waals surface area contributed by atoms with E-state index in [1.807, 2.05) is 48.5 Å². The second-order valence-electron chi connectivity index (χ2n) is 8.62. The molecule has 2 aromatic carbocycles. The van der Waals surface area contributed by atoms with E-state index in [4.69, 9.17) is 9.72 Å². The number of ether oxygens (including phenoxy) is 1. The predicted molar refractivity (Wildman–Crippen MR) is 121 cm³/mol. The number of amides is 1. The Morgan fingerprint density at radius 3 is 2.55 bits per heavy atom. The van der Waals surface area contributed by atoms with Crippen molar-refractivity contribution in [1.82, 2.24) is 26.1 Å². The molecule has 0 radical (unpaired) electrons. The number of nitrogens with zero attached hydrogens (tertiary/aromatic N) is 1. The largest absolute Gasteiger partial charge is 0.497 e. The number of benzene rings is 2. The fraction of sp³-hybridized carbons (Fsp3) is 0.417. The van der Waals surface area contributed by atoms with Crippen LogP contribution in [0.4, 0.5) is 0 Å². The number of aromatic nitrogens is 2. The molecule has 1 aromatic heterocycles. The highest BCUT2D eigenvalue weighted by atomic mass is 16.5. The molecule has 1 aliphatic rings. The molecule has 31 heavy (non-hydrogen) atoms. The van der Waals surface area contributed by atoms with Crippen molar-refractivity contribution < 1.29 is 9.53 Å². The number of hydrogen-bond donors (Lipinski definition) is 4. The summed E-state index contributed by atoms with van der Waals surface area (Å²) in [7, 11) is 1.66. The quantitative estimate of drug-likeness (QED) is 0.468. The Morgan fingerprint density at radius 2 is 1.87 bits per heavy atom. The molecule has 1 saturated heterocycles. The first-order valence-corrected chi connectivity index (χ1v) is 10.8. The van der Waals surface area contributed by atoms with Crippen LogP contribution in [0.25, 0.3) is 11.0 Å². The molecule has 0 saturated carbocycles. The first kappa shape index (κ1) is 21.3. The first-order chi connectivity index (χ1) is 15.0. The lowest BCUT2D eigenvalue weighted by Crippen LogP contribution is -2.35. The third-order valence-electron chi connectivity index (χ3n) is 6.12. The highest BCUT2D eigenvalue weighted by Gasteiger charge is 2.36. The van der Waals surface area contributed by atoms with Gasteiger partial charge in [0.25, 0.3) is 0 Å². The number of nitrogens with one attached hydrogen (secondary N) is 4. The molecular weight excluding hydrogens is 390 g/mol. The molecule has 7 heteroatoms. The van der Waals surface area contributed by atoms with Gasteiger partial charge in [-0.25, -0.2) is 10.4 Å². The fourth-order valence-corrected chi connectivity index (χ4v) is 4.28. The van der Waals surface area contributed by atoms with Crippen molar-refractivity contribution in [2.75, 3.05) is 7.11 Å². The number of para-hydroxylation sites is 2. The Morgan fingerprint density at radius 1 is 1.13 bits per heavy atom. The molecule has 1 fully saturated rings. The normalized spacial score (nSPS) is 22.0. The van der Waals surface area contributed by atoms with Gasteiger partial charge in [-0.1, -0.05) is 38.1 Å². The second kappa shape index (κ2) is 9.08. The summed E-state index contributed by atoms with van der Waals surface area (Å²) >= 11 is 0. The number of H-pyrrole nitrogens is 1. The van der Waals surface area contributed by atoms with Gasteiger partial charge in [0, 0.05) is 18.4 Å². The molecule has 0 aliphatic carbocycles. The van der Waals surface area contributed by atoms with Crippen molar-refractivity contribution in [3.63, 3.8) is 0 Å². The topological polar surface area (TPSA) is 91.1 Å². The first-order valence-electron chi connectivity index (χ1n) is 10.8. The van der Waals surface area contributed by atoms with Gasteiger partial charge in [0.05, 0.1) is 30.2 Å². The van der Waals surface area contributed by atoms with Gasteiger partial charge in [0.15, 0.2) is 0 Å². The van der Waals surface area contributed by atoms with Crippen molar-refractivity contribution >= 4 is 16.9 Å². The molecular formula is C24H31N5O2. The van der Waals surface area contributed by atoms with Gasteiger partial charge in [0.1, 0.15) is 11.6 Å². The van der Waals surface area contributed by atoms with Crippen molar-refractivity contribution in [1.29, 1.82) is 0 Å². The molecule has 164 valence electrons. The maximum absolute atomic E-state index is 13.1. The molecule has 0 bridgehead atoms. The van der Waals surface area contributed by atoms with Crippen LogP contribution in [0.2, 0.25) is 0 Å². The Bertz CT molecular complexity index is 997. The van der Waals surface area contributed by atoms with Crippen LogP contribution in [-0.2, 0) is 4.79 Å². The number of carbonyl (C=O) groups excluding carboxylic acids is 1. The third-order valence-corrected chi connectivity index (χ3v) is 6.12. The number of rotatable bonds is 7. The van der Waals surface area contributed by atoms with Crippen molar-refractivity contribution in [2.45, 2.75) is 45.3 Å². The van der Waals surface area contributed by atoms with E-state index in [0.717, 1.165) is 28.2 Å². The van der Waals surface area contributed by atoms with E-state index in [0.29, 0.717) is 6.42 Å². The second-order valence-corrected chi connectivity index (χ2v) is 8.62. The van der Waals surface area contributed by atoms with Crippen LogP contribution in [0.15, 0.2) is 48.5 Å². The zero-order valence-electron chi connectivity index (χ0n) is 18.5. The average Bonchev–Trinajstić information content (AvgIpc) is 3.35. The Balaban J connectivity index is 1.48. The van der Waals surface area contributed by atoms with Crippen molar-refractivity contribution in [3.8, 4) is 5.75 Å². The highest BCUT2D eigenvalue weighted by molar-refractivity contribution is 5.78. The maximum Gasteiger partial charge on any atom is 0.221 e. The molecule has 0 spiro atoms. The van der Waals surface area contributed by atoms with E-state index in [2.05, 4.69) is 41.9 Å². The number of fused-ring (bicyclic) bond motifs is 1. The summed E-state index contributed by atoms with van der Waals surface area (Å²) in [6, 6.07) is 16.0. The monoisotopic (exact) mass is 421 g/mol. The summed E-state index contributed by atoms with van der Waals surface area (Å²) in [5.74, 6) is 1.98. The summed E-state index contributed by atoms with van der Waals surface area (Å²) in [5, 5.41) is 3.22. The summed E-state index contributed by atoms with van der Waals surface area (Å²) in [5.41, 5.74) is 9.68. The lowest BCUT2D eigenvalue weighted by Gasteiger charge is -2.24. The van der Waals surface area contributed by atoms with Gasteiger partial charge in [-0.05, 0) is 42.7 Å². The number of imidazole rings is 1. The summed E-state index contributed by atoms with van der Waals surface area (Å²) in [6.45, 7) is 6.30. The molecule has 1 amide bonds. The zero-order valence-corrected chi connectivity index (χ0v) is 18.5. The lowest BCUT2D eigenvalue weighted by molar-refractivity contribution is -0.123.